The minimum absolute atomic E-state index is 0.0500. The fourth-order valence-electron chi connectivity index (χ4n) is 2.62. The zero-order chi connectivity index (χ0) is 21.0. The highest BCUT2D eigenvalue weighted by atomic mass is 35.5. The fourth-order valence-corrected chi connectivity index (χ4v) is 4.13. The number of nitrogens with one attached hydrogen (secondary N) is 1. The number of halogens is 1. The number of methoxy groups -OCH3 is 1. The molecule has 8 heteroatoms. The van der Waals surface area contributed by atoms with Crippen molar-refractivity contribution >= 4 is 33.3 Å². The Morgan fingerprint density at radius 2 is 1.72 bits per heavy atom. The molecule has 0 aliphatic rings. The van der Waals surface area contributed by atoms with E-state index in [0.29, 0.717) is 16.3 Å². The summed E-state index contributed by atoms with van der Waals surface area (Å²) < 4.78 is 39.0. The Hall–Kier alpha value is -3.03. The Morgan fingerprint density at radius 1 is 1.00 bits per heavy atom. The van der Waals surface area contributed by atoms with Crippen molar-refractivity contribution in [2.75, 3.05) is 11.8 Å². The van der Waals surface area contributed by atoms with Gasteiger partial charge in [0.15, 0.2) is 5.75 Å². The fraction of sp³-hybridized carbons (Fsp3) is 0.0952. The van der Waals surface area contributed by atoms with Gasteiger partial charge in [-0.3, -0.25) is 4.72 Å². The van der Waals surface area contributed by atoms with E-state index in [-0.39, 0.29) is 21.9 Å². The standard InChI is InChI=1S/C21H18ClNO5S/c1-14-8-9-15(21(24)27-2)12-20(14)29(25,26)23-18-13-16(22)10-11-19(18)28-17-6-4-3-5-7-17/h3-13,23H,1-2H3. The second-order valence-corrected chi connectivity index (χ2v) is 8.22. The van der Waals surface area contributed by atoms with Crippen LogP contribution in [0, 0.1) is 6.92 Å². The van der Waals surface area contributed by atoms with Gasteiger partial charge in [-0.1, -0.05) is 35.9 Å². The first kappa shape index (κ1) is 20.7. The third-order valence-corrected chi connectivity index (χ3v) is 5.80. The predicted octanol–water partition coefficient (Wildman–Crippen LogP) is 5.03. The number of anilines is 1. The number of carbonyl (C=O) groups is 1. The number of sulfonamides is 1. The SMILES string of the molecule is COC(=O)c1ccc(C)c(S(=O)(=O)Nc2cc(Cl)ccc2Oc2ccccc2)c1. The molecule has 6 nitrogen and oxygen atoms in total. The second-order valence-electron chi connectivity index (χ2n) is 6.13. The summed E-state index contributed by atoms with van der Waals surface area (Å²) in [6.07, 6.45) is 0. The number of hydrogen-bond donors (Lipinski definition) is 1. The highest BCUT2D eigenvalue weighted by Crippen LogP contribution is 2.34. The summed E-state index contributed by atoms with van der Waals surface area (Å²) >= 11 is 6.06. The third-order valence-electron chi connectivity index (χ3n) is 4.06. The van der Waals surface area contributed by atoms with Gasteiger partial charge >= 0.3 is 5.97 Å². The maximum Gasteiger partial charge on any atom is 0.337 e. The van der Waals surface area contributed by atoms with E-state index in [1.165, 1.54) is 25.3 Å². The van der Waals surface area contributed by atoms with E-state index >= 15 is 0 Å². The molecule has 29 heavy (non-hydrogen) atoms. The van der Waals surface area contributed by atoms with Gasteiger partial charge in [0.2, 0.25) is 0 Å². The van der Waals surface area contributed by atoms with Crippen LogP contribution in [-0.4, -0.2) is 21.5 Å². The maximum atomic E-state index is 13.0. The lowest BCUT2D eigenvalue weighted by Crippen LogP contribution is -2.16. The van der Waals surface area contributed by atoms with Gasteiger partial charge in [-0.25, -0.2) is 13.2 Å². The Morgan fingerprint density at radius 3 is 2.41 bits per heavy atom. The van der Waals surface area contributed by atoms with Gasteiger partial charge in [0.25, 0.3) is 10.0 Å². The molecule has 150 valence electrons. The van der Waals surface area contributed by atoms with Crippen LogP contribution in [0.4, 0.5) is 5.69 Å². The van der Waals surface area contributed by atoms with Crippen LogP contribution in [0.2, 0.25) is 5.02 Å². The molecule has 0 spiro atoms. The van der Waals surface area contributed by atoms with Crippen molar-refractivity contribution in [2.24, 2.45) is 0 Å². The summed E-state index contributed by atoms with van der Waals surface area (Å²) in [5.74, 6) is 0.197. The Bertz CT molecular complexity index is 1150. The summed E-state index contributed by atoms with van der Waals surface area (Å²) in [5, 5.41) is 0.336. The van der Waals surface area contributed by atoms with Crippen LogP contribution in [-0.2, 0) is 14.8 Å². The first-order valence-corrected chi connectivity index (χ1v) is 10.4. The summed E-state index contributed by atoms with van der Waals surface area (Å²) in [5.41, 5.74) is 0.771. The predicted molar refractivity (Wildman–Crippen MR) is 111 cm³/mol. The molecule has 0 radical (unpaired) electrons. The molecule has 0 bridgehead atoms. The monoisotopic (exact) mass is 431 g/mol. The number of para-hydroxylation sites is 1. The molecule has 3 aromatic rings. The highest BCUT2D eigenvalue weighted by Gasteiger charge is 2.21. The molecular formula is C21H18ClNO5S. The van der Waals surface area contributed by atoms with Crippen LogP contribution in [0.3, 0.4) is 0 Å². The number of rotatable bonds is 6. The van der Waals surface area contributed by atoms with E-state index in [1.807, 2.05) is 6.07 Å². The summed E-state index contributed by atoms with van der Waals surface area (Å²) in [7, 11) is -2.81. The van der Waals surface area contributed by atoms with E-state index in [2.05, 4.69) is 9.46 Å². The van der Waals surface area contributed by atoms with E-state index in [9.17, 15) is 13.2 Å². The Balaban J connectivity index is 1.99. The molecule has 0 saturated heterocycles. The summed E-state index contributed by atoms with van der Waals surface area (Å²) in [4.78, 5) is 11.7. The number of benzene rings is 3. The van der Waals surface area contributed by atoms with Crippen LogP contribution in [0.25, 0.3) is 0 Å². The first-order chi connectivity index (χ1) is 13.8. The van der Waals surface area contributed by atoms with Crippen molar-refractivity contribution in [1.29, 1.82) is 0 Å². The molecule has 0 fully saturated rings. The van der Waals surface area contributed by atoms with Gasteiger partial charge in [0.1, 0.15) is 5.75 Å². The Labute approximate surface area is 174 Å². The first-order valence-electron chi connectivity index (χ1n) is 8.54. The van der Waals surface area contributed by atoms with Crippen molar-refractivity contribution in [2.45, 2.75) is 11.8 Å². The molecule has 0 unspecified atom stereocenters. The van der Waals surface area contributed by atoms with Crippen LogP contribution >= 0.6 is 11.6 Å². The molecule has 0 aromatic heterocycles. The second kappa shape index (κ2) is 8.55. The van der Waals surface area contributed by atoms with E-state index < -0.39 is 16.0 Å². The van der Waals surface area contributed by atoms with Gasteiger partial charge < -0.3 is 9.47 Å². The average molecular weight is 432 g/mol. The molecule has 0 atom stereocenters. The molecule has 0 saturated carbocycles. The Kier molecular flexibility index (Phi) is 6.10. The molecule has 3 rings (SSSR count). The van der Waals surface area contributed by atoms with Gasteiger partial charge in [-0.2, -0.15) is 0 Å². The highest BCUT2D eigenvalue weighted by molar-refractivity contribution is 7.92. The van der Waals surface area contributed by atoms with Crippen molar-refractivity contribution < 1.29 is 22.7 Å². The smallest absolute Gasteiger partial charge is 0.337 e. The van der Waals surface area contributed by atoms with Crippen molar-refractivity contribution in [3.63, 3.8) is 0 Å². The van der Waals surface area contributed by atoms with Crippen LogP contribution in [0.15, 0.2) is 71.6 Å². The van der Waals surface area contributed by atoms with Gasteiger partial charge in [0.05, 0.1) is 23.3 Å². The number of esters is 1. The molecule has 0 amide bonds. The lowest BCUT2D eigenvalue weighted by atomic mass is 10.1. The van der Waals surface area contributed by atoms with E-state index in [4.69, 9.17) is 16.3 Å². The van der Waals surface area contributed by atoms with Gasteiger partial charge in [0, 0.05) is 5.02 Å². The molecule has 0 aliphatic carbocycles. The maximum absolute atomic E-state index is 13.0. The van der Waals surface area contributed by atoms with Gasteiger partial charge in [-0.05, 0) is 55.0 Å². The minimum Gasteiger partial charge on any atom is -0.465 e. The summed E-state index contributed by atoms with van der Waals surface area (Å²) in [6, 6.07) is 17.9. The van der Waals surface area contributed by atoms with Crippen molar-refractivity contribution in [1.82, 2.24) is 0 Å². The third kappa shape index (κ3) is 4.88. The molecule has 0 aliphatic heterocycles. The zero-order valence-corrected chi connectivity index (χ0v) is 17.3. The molecule has 0 heterocycles. The lowest BCUT2D eigenvalue weighted by Gasteiger charge is -2.15. The minimum atomic E-state index is -4.04. The van der Waals surface area contributed by atoms with Crippen molar-refractivity contribution in [3.05, 3.63) is 82.9 Å². The van der Waals surface area contributed by atoms with Crippen LogP contribution < -0.4 is 9.46 Å². The quantitative estimate of drug-likeness (QED) is 0.553. The topological polar surface area (TPSA) is 81.7 Å². The lowest BCUT2D eigenvalue weighted by molar-refractivity contribution is 0.0600. The molecule has 1 N–H and O–H groups in total. The van der Waals surface area contributed by atoms with Crippen molar-refractivity contribution in [3.8, 4) is 11.5 Å². The average Bonchev–Trinajstić information content (AvgIpc) is 2.70. The normalized spacial score (nSPS) is 11.0. The largest absolute Gasteiger partial charge is 0.465 e. The zero-order valence-electron chi connectivity index (χ0n) is 15.7. The van der Waals surface area contributed by atoms with E-state index in [0.717, 1.165) is 0 Å². The van der Waals surface area contributed by atoms with Crippen LogP contribution in [0.1, 0.15) is 15.9 Å². The number of ether oxygens (including phenoxy) is 2. The van der Waals surface area contributed by atoms with Gasteiger partial charge in [-0.15, -0.1) is 0 Å². The molecule has 3 aromatic carbocycles. The van der Waals surface area contributed by atoms with E-state index in [1.54, 1.807) is 49.4 Å². The number of aryl methyl sites for hydroxylation is 1. The summed E-state index contributed by atoms with van der Waals surface area (Å²) in [6.45, 7) is 1.63. The van der Waals surface area contributed by atoms with Crippen LogP contribution in [0.5, 0.6) is 11.5 Å². The number of hydrogen-bond acceptors (Lipinski definition) is 5. The molecular weight excluding hydrogens is 414 g/mol. The number of carbonyl (C=O) groups excluding carboxylic acids is 1.